The molecule has 0 amide bonds. The summed E-state index contributed by atoms with van der Waals surface area (Å²) in [5, 5.41) is 9.73. The lowest BCUT2D eigenvalue weighted by Crippen LogP contribution is -2.15. The minimum absolute atomic E-state index is 0.192. The van der Waals surface area contributed by atoms with Gasteiger partial charge in [0.1, 0.15) is 9.84 Å². The van der Waals surface area contributed by atoms with Crippen LogP contribution in [0.1, 0.15) is 33.1 Å². The highest BCUT2D eigenvalue weighted by Crippen LogP contribution is 2.54. The molecule has 0 bridgehead atoms. The van der Waals surface area contributed by atoms with E-state index in [1.165, 1.54) is 6.26 Å². The molecule has 0 heterocycles. The fourth-order valence-corrected chi connectivity index (χ4v) is 2.61. The van der Waals surface area contributed by atoms with Gasteiger partial charge in [-0.05, 0) is 30.6 Å². The summed E-state index contributed by atoms with van der Waals surface area (Å²) in [6, 6.07) is 0. The summed E-state index contributed by atoms with van der Waals surface area (Å²) in [5.41, 5.74) is 0.268. The lowest BCUT2D eigenvalue weighted by Gasteiger charge is -2.11. The summed E-state index contributed by atoms with van der Waals surface area (Å²) in [4.78, 5) is 0. The fraction of sp³-hybridized carbons (Fsp3) is 1.00. The van der Waals surface area contributed by atoms with Gasteiger partial charge in [0.05, 0.1) is 6.10 Å². The molecule has 84 valence electrons. The summed E-state index contributed by atoms with van der Waals surface area (Å²) >= 11 is 0. The van der Waals surface area contributed by atoms with Crippen molar-refractivity contribution in [3.8, 4) is 0 Å². The second-order valence-corrected chi connectivity index (χ2v) is 7.40. The first-order valence-electron chi connectivity index (χ1n) is 5.08. The molecule has 0 aliphatic heterocycles. The minimum Gasteiger partial charge on any atom is -0.393 e. The number of aliphatic hydroxyl groups excluding tert-OH is 1. The van der Waals surface area contributed by atoms with Gasteiger partial charge in [0.15, 0.2) is 0 Å². The van der Waals surface area contributed by atoms with Crippen molar-refractivity contribution >= 4 is 9.84 Å². The summed E-state index contributed by atoms with van der Waals surface area (Å²) in [7, 11) is -2.86. The summed E-state index contributed by atoms with van der Waals surface area (Å²) in [6.07, 6.45) is 3.17. The Morgan fingerprint density at radius 3 is 2.36 bits per heavy atom. The van der Waals surface area contributed by atoms with Gasteiger partial charge in [0.2, 0.25) is 0 Å². The predicted molar refractivity (Wildman–Crippen MR) is 56.8 cm³/mol. The van der Waals surface area contributed by atoms with E-state index in [0.717, 1.165) is 6.42 Å². The Morgan fingerprint density at radius 1 is 1.50 bits per heavy atom. The molecule has 2 unspecified atom stereocenters. The smallest absolute Gasteiger partial charge is 0.147 e. The lowest BCUT2D eigenvalue weighted by atomic mass is 10.0. The molecule has 0 aromatic carbocycles. The largest absolute Gasteiger partial charge is 0.393 e. The van der Waals surface area contributed by atoms with E-state index in [9.17, 15) is 13.5 Å². The van der Waals surface area contributed by atoms with Crippen molar-refractivity contribution in [1.29, 1.82) is 0 Å². The van der Waals surface area contributed by atoms with E-state index in [4.69, 9.17) is 0 Å². The van der Waals surface area contributed by atoms with E-state index in [0.29, 0.717) is 18.8 Å². The van der Waals surface area contributed by atoms with Crippen molar-refractivity contribution in [1.82, 2.24) is 0 Å². The molecule has 0 spiro atoms. The topological polar surface area (TPSA) is 54.4 Å². The average Bonchev–Trinajstić information content (AvgIpc) is 2.57. The molecular formula is C10H20O3S. The van der Waals surface area contributed by atoms with Crippen LogP contribution in [0.2, 0.25) is 0 Å². The molecule has 1 saturated carbocycles. The van der Waals surface area contributed by atoms with Crippen LogP contribution >= 0.6 is 0 Å². The Morgan fingerprint density at radius 2 is 2.00 bits per heavy atom. The normalized spacial score (nSPS) is 27.3. The highest BCUT2D eigenvalue weighted by Gasteiger charge is 2.49. The second kappa shape index (κ2) is 3.81. The predicted octanol–water partition coefficient (Wildman–Crippen LogP) is 1.22. The third-order valence-electron chi connectivity index (χ3n) is 3.07. The van der Waals surface area contributed by atoms with Crippen LogP contribution in [0.5, 0.6) is 0 Å². The Balaban J connectivity index is 2.20. The molecule has 0 saturated heterocycles. The van der Waals surface area contributed by atoms with Crippen molar-refractivity contribution in [2.24, 2.45) is 11.3 Å². The van der Waals surface area contributed by atoms with Crippen LogP contribution < -0.4 is 0 Å². The van der Waals surface area contributed by atoms with Crippen LogP contribution in [0.3, 0.4) is 0 Å². The van der Waals surface area contributed by atoms with E-state index >= 15 is 0 Å². The standard InChI is InChI=1S/C10H20O3S/c1-10(2)7-8(10)9(11)5-4-6-14(3,12)13/h8-9,11H,4-7H2,1-3H3. The van der Waals surface area contributed by atoms with Crippen LogP contribution in [-0.2, 0) is 9.84 Å². The van der Waals surface area contributed by atoms with Crippen molar-refractivity contribution in [3.05, 3.63) is 0 Å². The van der Waals surface area contributed by atoms with Crippen LogP contribution in [0.4, 0.5) is 0 Å². The highest BCUT2D eigenvalue weighted by atomic mass is 32.2. The first-order valence-corrected chi connectivity index (χ1v) is 7.14. The number of aliphatic hydroxyl groups is 1. The van der Waals surface area contributed by atoms with Gasteiger partial charge in [-0.1, -0.05) is 13.8 Å². The minimum atomic E-state index is -2.86. The van der Waals surface area contributed by atoms with E-state index in [2.05, 4.69) is 13.8 Å². The van der Waals surface area contributed by atoms with Crippen molar-refractivity contribution in [2.45, 2.75) is 39.2 Å². The number of hydrogen-bond acceptors (Lipinski definition) is 3. The molecule has 4 heteroatoms. The number of rotatable bonds is 5. The van der Waals surface area contributed by atoms with E-state index < -0.39 is 9.84 Å². The van der Waals surface area contributed by atoms with Crippen molar-refractivity contribution in [3.63, 3.8) is 0 Å². The molecule has 1 aliphatic rings. The lowest BCUT2D eigenvalue weighted by molar-refractivity contribution is 0.126. The van der Waals surface area contributed by atoms with E-state index in [-0.39, 0.29) is 17.3 Å². The SMILES string of the molecule is CC1(C)CC1C(O)CCCS(C)(=O)=O. The third kappa shape index (κ3) is 3.58. The quantitative estimate of drug-likeness (QED) is 0.758. The van der Waals surface area contributed by atoms with Crippen LogP contribution in [0, 0.1) is 11.3 Å². The maximum absolute atomic E-state index is 10.8. The van der Waals surface area contributed by atoms with Gasteiger partial charge in [0.25, 0.3) is 0 Å². The number of hydrogen-bond donors (Lipinski definition) is 1. The molecule has 2 atom stereocenters. The van der Waals surface area contributed by atoms with E-state index in [1.54, 1.807) is 0 Å². The zero-order valence-electron chi connectivity index (χ0n) is 9.16. The summed E-state index contributed by atoms with van der Waals surface area (Å²) < 4.78 is 21.7. The molecule has 1 fully saturated rings. The Hall–Kier alpha value is -0.0900. The average molecular weight is 220 g/mol. The first kappa shape index (κ1) is 12.0. The Labute approximate surface area is 86.4 Å². The van der Waals surface area contributed by atoms with Crippen LogP contribution in [0.25, 0.3) is 0 Å². The zero-order chi connectivity index (χ0) is 11.0. The molecule has 0 aromatic heterocycles. The molecular weight excluding hydrogens is 200 g/mol. The summed E-state index contributed by atoms with van der Waals surface area (Å²) in [6.45, 7) is 4.27. The molecule has 3 nitrogen and oxygen atoms in total. The fourth-order valence-electron chi connectivity index (χ4n) is 1.92. The maximum Gasteiger partial charge on any atom is 0.147 e. The highest BCUT2D eigenvalue weighted by molar-refractivity contribution is 7.90. The monoisotopic (exact) mass is 220 g/mol. The molecule has 0 aromatic rings. The zero-order valence-corrected chi connectivity index (χ0v) is 9.97. The maximum atomic E-state index is 10.8. The van der Waals surface area contributed by atoms with Gasteiger partial charge < -0.3 is 5.11 Å². The second-order valence-electron chi connectivity index (χ2n) is 5.14. The van der Waals surface area contributed by atoms with Gasteiger partial charge in [-0.2, -0.15) is 0 Å². The number of sulfone groups is 1. The van der Waals surface area contributed by atoms with Gasteiger partial charge in [-0.15, -0.1) is 0 Å². The molecule has 1 aliphatic carbocycles. The van der Waals surface area contributed by atoms with Crippen molar-refractivity contribution in [2.75, 3.05) is 12.0 Å². The summed E-state index contributed by atoms with van der Waals surface area (Å²) in [5.74, 6) is 0.569. The third-order valence-corrected chi connectivity index (χ3v) is 4.10. The van der Waals surface area contributed by atoms with Gasteiger partial charge in [-0.3, -0.25) is 0 Å². The molecule has 0 radical (unpaired) electrons. The van der Waals surface area contributed by atoms with Crippen LogP contribution in [-0.4, -0.2) is 31.6 Å². The Bertz CT molecular complexity index is 292. The molecule has 14 heavy (non-hydrogen) atoms. The Kier molecular flexibility index (Phi) is 3.26. The van der Waals surface area contributed by atoms with E-state index in [1.807, 2.05) is 0 Å². The van der Waals surface area contributed by atoms with Gasteiger partial charge in [-0.25, -0.2) is 8.42 Å². The molecule has 1 N–H and O–H groups in total. The van der Waals surface area contributed by atoms with Crippen LogP contribution in [0.15, 0.2) is 0 Å². The van der Waals surface area contributed by atoms with Gasteiger partial charge >= 0.3 is 0 Å². The van der Waals surface area contributed by atoms with Crippen molar-refractivity contribution < 1.29 is 13.5 Å². The first-order chi connectivity index (χ1) is 6.22. The van der Waals surface area contributed by atoms with Gasteiger partial charge in [0, 0.05) is 12.0 Å². The molecule has 1 rings (SSSR count).